The zero-order valence-corrected chi connectivity index (χ0v) is 8.19. The van der Waals surface area contributed by atoms with E-state index in [9.17, 15) is 10.2 Å². The maximum atomic E-state index is 9.31. The highest BCUT2D eigenvalue weighted by molar-refractivity contribution is 4.63. The van der Waals surface area contributed by atoms with Gasteiger partial charge in [-0.25, -0.2) is 0 Å². The lowest BCUT2D eigenvalue weighted by Gasteiger charge is -2.40. The summed E-state index contributed by atoms with van der Waals surface area (Å²) in [5, 5.41) is 27.3. The zero-order chi connectivity index (χ0) is 9.90. The summed E-state index contributed by atoms with van der Waals surface area (Å²) in [7, 11) is 2.06. The molecule has 0 aromatic rings. The molecule has 1 heterocycles. The van der Waals surface area contributed by atoms with Gasteiger partial charge in [0.15, 0.2) is 0 Å². The third-order valence-corrected chi connectivity index (χ3v) is 2.87. The van der Waals surface area contributed by atoms with Crippen LogP contribution in [0.25, 0.3) is 0 Å². The van der Waals surface area contributed by atoms with Crippen molar-refractivity contribution in [2.45, 2.75) is 25.0 Å². The van der Waals surface area contributed by atoms with Crippen molar-refractivity contribution in [2.75, 3.05) is 33.3 Å². The molecule has 0 spiro atoms. The fourth-order valence-corrected chi connectivity index (χ4v) is 1.93. The highest BCUT2D eigenvalue weighted by Gasteiger charge is 2.30. The van der Waals surface area contributed by atoms with E-state index in [1.54, 1.807) is 0 Å². The summed E-state index contributed by atoms with van der Waals surface area (Å²) in [4.78, 5) is 0. The predicted molar refractivity (Wildman–Crippen MR) is 49.1 cm³/mol. The Morgan fingerprint density at radius 2 is 1.92 bits per heavy atom. The molecular weight excluding hydrogens is 170 g/mol. The van der Waals surface area contributed by atoms with Gasteiger partial charge in [-0.2, -0.15) is 0 Å². The van der Waals surface area contributed by atoms with Crippen LogP contribution in [0.2, 0.25) is 0 Å². The van der Waals surface area contributed by atoms with E-state index in [1.807, 2.05) is 0 Å². The monoisotopic (exact) mass is 190 g/mol. The van der Waals surface area contributed by atoms with Gasteiger partial charge in [-0.05, 0) is 0 Å². The first kappa shape index (κ1) is 10.9. The van der Waals surface area contributed by atoms with Crippen molar-refractivity contribution >= 4 is 0 Å². The lowest BCUT2D eigenvalue weighted by Crippen LogP contribution is -2.54. The van der Waals surface area contributed by atoms with Gasteiger partial charge in [0.25, 0.3) is 0 Å². The number of rotatable bonds is 3. The van der Waals surface area contributed by atoms with E-state index in [4.69, 9.17) is 5.11 Å². The van der Waals surface area contributed by atoms with Crippen molar-refractivity contribution < 1.29 is 19.8 Å². The summed E-state index contributed by atoms with van der Waals surface area (Å²) in [5.41, 5.74) is 0. The Morgan fingerprint density at radius 1 is 1.38 bits per heavy atom. The van der Waals surface area contributed by atoms with Crippen LogP contribution in [0.4, 0.5) is 0 Å². The van der Waals surface area contributed by atoms with Crippen molar-refractivity contribution in [3.8, 4) is 0 Å². The van der Waals surface area contributed by atoms with Crippen molar-refractivity contribution in [3.63, 3.8) is 0 Å². The van der Waals surface area contributed by atoms with E-state index in [1.165, 1.54) is 0 Å². The van der Waals surface area contributed by atoms with Crippen molar-refractivity contribution in [2.24, 2.45) is 0 Å². The van der Waals surface area contributed by atoms with Crippen molar-refractivity contribution in [1.29, 1.82) is 0 Å². The van der Waals surface area contributed by atoms with Crippen molar-refractivity contribution in [3.05, 3.63) is 0 Å². The number of piperidine rings is 1. The Labute approximate surface area is 79.0 Å². The molecule has 0 radical (unpaired) electrons. The first-order chi connectivity index (χ1) is 6.06. The fourth-order valence-electron chi connectivity index (χ4n) is 1.93. The molecule has 0 aromatic carbocycles. The molecule has 4 nitrogen and oxygen atoms in total. The number of likely N-dealkylation sites (N-methyl/N-ethyl adjacent to an activating group) is 1. The summed E-state index contributed by atoms with van der Waals surface area (Å²) in [6.07, 6.45) is 0.807. The Hall–Kier alpha value is -0.160. The van der Waals surface area contributed by atoms with Crippen LogP contribution < -0.4 is 0 Å². The van der Waals surface area contributed by atoms with E-state index in [0.717, 1.165) is 30.4 Å². The third kappa shape index (κ3) is 3.23. The molecule has 78 valence electrons. The molecular formula is C9H20NO3+. The van der Waals surface area contributed by atoms with Crippen LogP contribution in [0, 0.1) is 0 Å². The summed E-state index contributed by atoms with van der Waals surface area (Å²) >= 11 is 0. The number of aliphatic hydroxyl groups is 3. The highest BCUT2D eigenvalue weighted by Crippen LogP contribution is 2.17. The van der Waals surface area contributed by atoms with E-state index in [0.29, 0.717) is 6.54 Å². The summed E-state index contributed by atoms with van der Waals surface area (Å²) in [6.45, 7) is 2.19. The molecule has 0 aliphatic carbocycles. The quantitative estimate of drug-likeness (QED) is 0.497. The van der Waals surface area contributed by atoms with Gasteiger partial charge in [0.1, 0.15) is 12.6 Å². The van der Waals surface area contributed by atoms with Gasteiger partial charge in [0.05, 0.1) is 32.8 Å². The Morgan fingerprint density at radius 3 is 2.38 bits per heavy atom. The standard InChI is InChI=1S/C9H20NO3/c1-10(6-9(13)7-11)4-2-8(12)3-5-10/h8-9,11-13H,2-7H2,1H3/q+1. The molecule has 4 heteroatoms. The second-order valence-electron chi connectivity index (χ2n) is 4.32. The van der Waals surface area contributed by atoms with Crippen LogP contribution in [0.3, 0.4) is 0 Å². The van der Waals surface area contributed by atoms with E-state index in [-0.39, 0.29) is 12.7 Å². The van der Waals surface area contributed by atoms with Crippen LogP contribution in [0.5, 0.6) is 0 Å². The molecule has 1 rings (SSSR count). The molecule has 13 heavy (non-hydrogen) atoms. The van der Waals surface area contributed by atoms with Gasteiger partial charge in [-0.1, -0.05) is 0 Å². The molecule has 0 aromatic heterocycles. The number of hydrogen-bond acceptors (Lipinski definition) is 3. The molecule has 3 N–H and O–H groups in total. The van der Waals surface area contributed by atoms with Gasteiger partial charge in [-0.3, -0.25) is 0 Å². The Balaban J connectivity index is 2.38. The average molecular weight is 190 g/mol. The molecule has 1 aliphatic heterocycles. The average Bonchev–Trinajstić information content (AvgIpc) is 2.10. The number of nitrogens with zero attached hydrogens (tertiary/aromatic N) is 1. The number of quaternary nitrogens is 1. The fraction of sp³-hybridized carbons (Fsp3) is 1.00. The SMILES string of the molecule is C[N+]1(CC(O)CO)CCC(O)CC1. The number of hydrogen-bond donors (Lipinski definition) is 3. The molecule has 1 aliphatic rings. The highest BCUT2D eigenvalue weighted by atomic mass is 16.3. The van der Waals surface area contributed by atoms with Crippen LogP contribution >= 0.6 is 0 Å². The summed E-state index contributed by atoms with van der Waals surface area (Å²) in [6, 6.07) is 0. The second kappa shape index (κ2) is 4.37. The third-order valence-electron chi connectivity index (χ3n) is 2.87. The number of aliphatic hydroxyl groups excluding tert-OH is 3. The molecule has 1 fully saturated rings. The maximum Gasteiger partial charge on any atom is 0.126 e. The van der Waals surface area contributed by atoms with Gasteiger partial charge >= 0.3 is 0 Å². The molecule has 1 unspecified atom stereocenters. The largest absolute Gasteiger partial charge is 0.393 e. The van der Waals surface area contributed by atoms with Gasteiger partial charge < -0.3 is 19.8 Å². The Kier molecular flexibility index (Phi) is 3.67. The topological polar surface area (TPSA) is 60.7 Å². The molecule has 0 saturated carbocycles. The van der Waals surface area contributed by atoms with Gasteiger partial charge in [-0.15, -0.1) is 0 Å². The van der Waals surface area contributed by atoms with Gasteiger partial charge in [0.2, 0.25) is 0 Å². The van der Waals surface area contributed by atoms with E-state index >= 15 is 0 Å². The minimum atomic E-state index is -0.625. The second-order valence-corrected chi connectivity index (χ2v) is 4.32. The molecule has 1 saturated heterocycles. The minimum absolute atomic E-state index is 0.169. The minimum Gasteiger partial charge on any atom is -0.393 e. The van der Waals surface area contributed by atoms with Crippen molar-refractivity contribution in [1.82, 2.24) is 0 Å². The normalized spacial score (nSPS) is 37.4. The zero-order valence-electron chi connectivity index (χ0n) is 8.19. The molecule has 0 bridgehead atoms. The lowest BCUT2D eigenvalue weighted by molar-refractivity contribution is -0.918. The first-order valence-electron chi connectivity index (χ1n) is 4.86. The molecule has 1 atom stereocenters. The molecule has 0 amide bonds. The Bertz CT molecular complexity index is 155. The predicted octanol–water partition coefficient (Wildman–Crippen LogP) is -1.06. The van der Waals surface area contributed by atoms with E-state index < -0.39 is 6.10 Å². The number of likely N-dealkylation sites (tertiary alicyclic amines) is 1. The lowest BCUT2D eigenvalue weighted by atomic mass is 10.1. The summed E-state index contributed by atoms with van der Waals surface area (Å²) < 4.78 is 0.763. The van der Waals surface area contributed by atoms with Crippen LogP contribution in [-0.4, -0.2) is 65.3 Å². The smallest absolute Gasteiger partial charge is 0.126 e. The maximum absolute atomic E-state index is 9.31. The first-order valence-corrected chi connectivity index (χ1v) is 4.86. The summed E-state index contributed by atoms with van der Waals surface area (Å²) in [5.74, 6) is 0. The van der Waals surface area contributed by atoms with Crippen LogP contribution in [0.15, 0.2) is 0 Å². The van der Waals surface area contributed by atoms with E-state index in [2.05, 4.69) is 7.05 Å². The van der Waals surface area contributed by atoms with Crippen LogP contribution in [-0.2, 0) is 0 Å². The van der Waals surface area contributed by atoms with Crippen LogP contribution in [0.1, 0.15) is 12.8 Å². The van der Waals surface area contributed by atoms with Gasteiger partial charge in [0, 0.05) is 12.8 Å².